The highest BCUT2D eigenvalue weighted by Gasteiger charge is 2.22. The van der Waals surface area contributed by atoms with E-state index in [1.807, 2.05) is 25.1 Å². The highest BCUT2D eigenvalue weighted by molar-refractivity contribution is 7.99. The standard InChI is InChI=1S/C16H26N2OS.ClH/c1-12(2)15(16(19)18-10-13(3)9-17)20-11-14-7-5-4-6-8-14;/h4-8,12-13,15H,9-11,17H2,1-3H3,(H,18,19);1H. The van der Waals surface area contributed by atoms with E-state index in [0.717, 1.165) is 5.75 Å². The Labute approximate surface area is 138 Å². The van der Waals surface area contributed by atoms with Crippen LogP contribution >= 0.6 is 24.2 Å². The Balaban J connectivity index is 0.00000400. The van der Waals surface area contributed by atoms with E-state index in [9.17, 15) is 4.79 Å². The van der Waals surface area contributed by atoms with Crippen LogP contribution in [-0.2, 0) is 10.5 Å². The average Bonchev–Trinajstić information content (AvgIpc) is 2.45. The van der Waals surface area contributed by atoms with Gasteiger partial charge < -0.3 is 11.1 Å². The smallest absolute Gasteiger partial charge is 0.233 e. The minimum absolute atomic E-state index is 0. The van der Waals surface area contributed by atoms with Crippen molar-refractivity contribution in [2.45, 2.75) is 31.8 Å². The van der Waals surface area contributed by atoms with Gasteiger partial charge in [-0.15, -0.1) is 24.2 Å². The second kappa shape index (κ2) is 10.9. The predicted octanol–water partition coefficient (Wildman–Crippen LogP) is 3.08. The molecule has 0 heterocycles. The summed E-state index contributed by atoms with van der Waals surface area (Å²) >= 11 is 1.71. The maximum Gasteiger partial charge on any atom is 0.233 e. The summed E-state index contributed by atoms with van der Waals surface area (Å²) in [5.41, 5.74) is 6.83. The maximum atomic E-state index is 12.3. The lowest BCUT2D eigenvalue weighted by Gasteiger charge is -2.21. The van der Waals surface area contributed by atoms with Crippen molar-refractivity contribution in [3.05, 3.63) is 35.9 Å². The molecule has 2 unspecified atom stereocenters. The topological polar surface area (TPSA) is 55.1 Å². The van der Waals surface area contributed by atoms with Crippen LogP contribution in [0.25, 0.3) is 0 Å². The second-order valence-corrected chi connectivity index (χ2v) is 6.68. The molecule has 2 atom stereocenters. The van der Waals surface area contributed by atoms with E-state index in [4.69, 9.17) is 5.73 Å². The number of hydrogen-bond acceptors (Lipinski definition) is 3. The van der Waals surface area contributed by atoms with Crippen LogP contribution in [0.3, 0.4) is 0 Å². The fraction of sp³-hybridized carbons (Fsp3) is 0.562. The number of carbonyl (C=O) groups is 1. The van der Waals surface area contributed by atoms with Crippen LogP contribution in [-0.4, -0.2) is 24.2 Å². The van der Waals surface area contributed by atoms with Crippen molar-refractivity contribution in [3.63, 3.8) is 0 Å². The molecule has 1 amide bonds. The van der Waals surface area contributed by atoms with E-state index in [2.05, 4.69) is 31.3 Å². The Morgan fingerprint density at radius 2 is 1.86 bits per heavy atom. The number of carbonyl (C=O) groups excluding carboxylic acids is 1. The Morgan fingerprint density at radius 3 is 2.38 bits per heavy atom. The number of thioether (sulfide) groups is 1. The van der Waals surface area contributed by atoms with Crippen molar-refractivity contribution in [3.8, 4) is 0 Å². The van der Waals surface area contributed by atoms with Gasteiger partial charge >= 0.3 is 0 Å². The van der Waals surface area contributed by atoms with E-state index in [1.165, 1.54) is 5.56 Å². The first-order valence-corrected chi connectivity index (χ1v) is 8.22. The van der Waals surface area contributed by atoms with Crippen molar-refractivity contribution >= 4 is 30.1 Å². The Bertz CT molecular complexity index is 401. The molecule has 0 saturated heterocycles. The zero-order valence-electron chi connectivity index (χ0n) is 13.0. The zero-order valence-corrected chi connectivity index (χ0v) is 14.7. The van der Waals surface area contributed by atoms with Crippen molar-refractivity contribution < 1.29 is 4.79 Å². The molecule has 5 heteroatoms. The molecule has 0 aliphatic carbocycles. The number of rotatable bonds is 8. The lowest BCUT2D eigenvalue weighted by Crippen LogP contribution is -2.39. The van der Waals surface area contributed by atoms with Crippen LogP contribution in [0.4, 0.5) is 0 Å². The second-order valence-electron chi connectivity index (χ2n) is 5.55. The number of nitrogens with one attached hydrogen (secondary N) is 1. The van der Waals surface area contributed by atoms with Gasteiger partial charge in [0.1, 0.15) is 0 Å². The molecule has 0 saturated carbocycles. The molecule has 0 spiro atoms. The van der Waals surface area contributed by atoms with Crippen LogP contribution in [0.5, 0.6) is 0 Å². The van der Waals surface area contributed by atoms with Gasteiger partial charge in [0.2, 0.25) is 5.91 Å². The third-order valence-corrected chi connectivity index (χ3v) is 4.78. The summed E-state index contributed by atoms with van der Waals surface area (Å²) in [5.74, 6) is 1.63. The molecule has 1 aromatic carbocycles. The average molecular weight is 331 g/mol. The molecule has 1 rings (SSSR count). The molecular formula is C16H27ClN2OS. The number of nitrogens with two attached hydrogens (primary N) is 1. The molecule has 3 nitrogen and oxygen atoms in total. The fourth-order valence-corrected chi connectivity index (χ4v) is 2.97. The van der Waals surface area contributed by atoms with Gasteiger partial charge in [-0.05, 0) is 23.9 Å². The summed E-state index contributed by atoms with van der Waals surface area (Å²) in [6.45, 7) is 7.49. The van der Waals surface area contributed by atoms with E-state index in [1.54, 1.807) is 11.8 Å². The monoisotopic (exact) mass is 330 g/mol. The first-order chi connectivity index (χ1) is 9.54. The van der Waals surface area contributed by atoms with Gasteiger partial charge in [0.05, 0.1) is 5.25 Å². The van der Waals surface area contributed by atoms with Crippen molar-refractivity contribution in [2.75, 3.05) is 13.1 Å². The summed E-state index contributed by atoms with van der Waals surface area (Å²) in [7, 11) is 0. The fourth-order valence-electron chi connectivity index (χ4n) is 1.79. The van der Waals surface area contributed by atoms with Gasteiger partial charge in [-0.1, -0.05) is 51.1 Å². The molecule has 0 aliphatic rings. The normalized spacial score (nSPS) is 13.4. The van der Waals surface area contributed by atoms with E-state index >= 15 is 0 Å². The Hall–Kier alpha value is -0.710. The van der Waals surface area contributed by atoms with Crippen molar-refractivity contribution in [1.82, 2.24) is 5.32 Å². The number of hydrogen-bond donors (Lipinski definition) is 2. The Morgan fingerprint density at radius 1 is 1.24 bits per heavy atom. The first kappa shape index (κ1) is 20.3. The number of halogens is 1. The number of benzene rings is 1. The highest BCUT2D eigenvalue weighted by Crippen LogP contribution is 2.24. The van der Waals surface area contributed by atoms with Crippen LogP contribution < -0.4 is 11.1 Å². The summed E-state index contributed by atoms with van der Waals surface area (Å²) in [4.78, 5) is 12.3. The van der Waals surface area contributed by atoms with Crippen LogP contribution in [0.1, 0.15) is 26.3 Å². The van der Waals surface area contributed by atoms with Crippen molar-refractivity contribution in [1.29, 1.82) is 0 Å². The lowest BCUT2D eigenvalue weighted by atomic mass is 10.1. The van der Waals surface area contributed by atoms with Crippen LogP contribution in [0, 0.1) is 11.8 Å². The van der Waals surface area contributed by atoms with Crippen LogP contribution in [0.2, 0.25) is 0 Å². The molecule has 0 radical (unpaired) electrons. The number of amides is 1. The summed E-state index contributed by atoms with van der Waals surface area (Å²) < 4.78 is 0. The van der Waals surface area contributed by atoms with Gasteiger partial charge in [-0.2, -0.15) is 0 Å². The molecule has 0 aromatic heterocycles. The first-order valence-electron chi connectivity index (χ1n) is 7.18. The molecule has 3 N–H and O–H groups in total. The van der Waals surface area contributed by atoms with Gasteiger partial charge in [-0.25, -0.2) is 0 Å². The van der Waals surface area contributed by atoms with Gasteiger partial charge in [0.25, 0.3) is 0 Å². The van der Waals surface area contributed by atoms with E-state index in [0.29, 0.717) is 24.9 Å². The van der Waals surface area contributed by atoms with Gasteiger partial charge in [0.15, 0.2) is 0 Å². The molecule has 1 aromatic rings. The molecule has 0 bridgehead atoms. The molecule has 120 valence electrons. The van der Waals surface area contributed by atoms with E-state index in [-0.39, 0.29) is 23.6 Å². The SMILES string of the molecule is CC(CN)CNC(=O)C(SCc1ccccc1)C(C)C.Cl. The zero-order chi connectivity index (χ0) is 15.0. The quantitative estimate of drug-likeness (QED) is 0.770. The molecule has 21 heavy (non-hydrogen) atoms. The minimum atomic E-state index is -0.0137. The van der Waals surface area contributed by atoms with Crippen LogP contribution in [0.15, 0.2) is 30.3 Å². The lowest BCUT2D eigenvalue weighted by molar-refractivity contribution is -0.121. The minimum Gasteiger partial charge on any atom is -0.355 e. The third-order valence-electron chi connectivity index (χ3n) is 3.16. The highest BCUT2D eigenvalue weighted by atomic mass is 35.5. The van der Waals surface area contributed by atoms with E-state index < -0.39 is 0 Å². The molecule has 0 aliphatic heterocycles. The summed E-state index contributed by atoms with van der Waals surface area (Å²) in [5, 5.41) is 3.00. The predicted molar refractivity (Wildman–Crippen MR) is 94.8 cm³/mol. The maximum absolute atomic E-state index is 12.3. The summed E-state index contributed by atoms with van der Waals surface area (Å²) in [6.07, 6.45) is 0. The van der Waals surface area contributed by atoms with Crippen molar-refractivity contribution in [2.24, 2.45) is 17.6 Å². The molecule has 0 fully saturated rings. The third kappa shape index (κ3) is 7.74. The summed E-state index contributed by atoms with van der Waals surface area (Å²) in [6, 6.07) is 10.3. The Kier molecular flexibility index (Phi) is 10.6. The molecular weight excluding hydrogens is 304 g/mol. The largest absolute Gasteiger partial charge is 0.355 e. The van der Waals surface area contributed by atoms with Gasteiger partial charge in [0, 0.05) is 12.3 Å². The van der Waals surface area contributed by atoms with Gasteiger partial charge in [-0.3, -0.25) is 4.79 Å².